The van der Waals surface area contributed by atoms with Gasteiger partial charge in [0.15, 0.2) is 11.7 Å². The lowest BCUT2D eigenvalue weighted by atomic mass is 10.2. The Labute approximate surface area is 170 Å². The first-order chi connectivity index (χ1) is 12.5. The summed E-state index contributed by atoms with van der Waals surface area (Å²) in [6.07, 6.45) is 5.04. The lowest BCUT2D eigenvalue weighted by Gasteiger charge is -2.34. The molecule has 1 saturated heterocycles. The van der Waals surface area contributed by atoms with Crippen LogP contribution in [0.1, 0.15) is 25.7 Å². The Hall–Kier alpha value is -1.08. The van der Waals surface area contributed by atoms with E-state index in [1.54, 1.807) is 18.2 Å². The Morgan fingerprint density at radius 3 is 2.38 bits per heavy atom. The van der Waals surface area contributed by atoms with Gasteiger partial charge in [-0.25, -0.2) is 0 Å². The number of thiocarbonyl (C=S) groups is 1. The fourth-order valence-corrected chi connectivity index (χ4v) is 4.47. The highest BCUT2D eigenvalue weighted by Crippen LogP contribution is 2.22. The number of nitrogens with zero attached hydrogens (tertiary/aromatic N) is 1. The van der Waals surface area contributed by atoms with E-state index in [0.717, 1.165) is 31.3 Å². The molecular weight excluding hydrogens is 391 g/mol. The zero-order valence-corrected chi connectivity index (χ0v) is 17.0. The molecule has 0 radical (unpaired) electrons. The molecule has 1 aliphatic carbocycles. The van der Waals surface area contributed by atoms with E-state index < -0.39 is 0 Å². The summed E-state index contributed by atoms with van der Waals surface area (Å²) < 4.78 is 0. The first kappa shape index (κ1) is 19.7. The Morgan fingerprint density at radius 1 is 1.15 bits per heavy atom. The average Bonchev–Trinajstić information content (AvgIpc) is 3.07. The van der Waals surface area contributed by atoms with Crippen molar-refractivity contribution in [3.8, 4) is 0 Å². The van der Waals surface area contributed by atoms with Crippen LogP contribution in [0.3, 0.4) is 0 Å². The number of piperazine rings is 1. The van der Waals surface area contributed by atoms with E-state index in [1.807, 2.05) is 0 Å². The second kappa shape index (κ2) is 9.22. The second-order valence-electron chi connectivity index (χ2n) is 7.05. The lowest BCUT2D eigenvalue weighted by molar-refractivity contribution is -0.895. The summed E-state index contributed by atoms with van der Waals surface area (Å²) >= 11 is 17.5. The highest BCUT2D eigenvalue weighted by Gasteiger charge is 2.25. The number of carbonyl (C=O) groups is 1. The van der Waals surface area contributed by atoms with Gasteiger partial charge in [0, 0.05) is 21.8 Å². The third-order valence-electron chi connectivity index (χ3n) is 5.00. The average molecular weight is 416 g/mol. The number of hydrogen-bond acceptors (Lipinski definition) is 2. The van der Waals surface area contributed by atoms with Crippen LogP contribution in [0.4, 0.5) is 5.69 Å². The summed E-state index contributed by atoms with van der Waals surface area (Å²) in [4.78, 5) is 15.8. The number of nitrogens with one attached hydrogen (secondary N) is 3. The van der Waals surface area contributed by atoms with Gasteiger partial charge in [-0.2, -0.15) is 0 Å². The van der Waals surface area contributed by atoms with Crippen LogP contribution in [0, 0.1) is 0 Å². The number of quaternary nitrogens is 1. The van der Waals surface area contributed by atoms with Gasteiger partial charge in [0.1, 0.15) is 0 Å². The number of halogens is 2. The normalized spacial score (nSPS) is 18.8. The van der Waals surface area contributed by atoms with Crippen LogP contribution in [0.15, 0.2) is 18.2 Å². The molecule has 0 bridgehead atoms. The van der Waals surface area contributed by atoms with Crippen molar-refractivity contribution >= 4 is 52.1 Å². The summed E-state index contributed by atoms with van der Waals surface area (Å²) in [6.45, 7) is 3.99. The fraction of sp³-hybridized carbons (Fsp3) is 0.556. The predicted molar refractivity (Wildman–Crippen MR) is 110 cm³/mol. The van der Waals surface area contributed by atoms with Crippen LogP contribution in [-0.4, -0.2) is 54.7 Å². The summed E-state index contributed by atoms with van der Waals surface area (Å²) in [5.74, 6) is -0.0292. The molecule has 3 rings (SSSR count). The summed E-state index contributed by atoms with van der Waals surface area (Å²) in [5.41, 5.74) is 0.632. The molecular formula is C18H25Cl2N4OS+. The van der Waals surface area contributed by atoms with Gasteiger partial charge in [-0.15, -0.1) is 0 Å². The van der Waals surface area contributed by atoms with Crippen molar-refractivity contribution in [2.24, 2.45) is 0 Å². The largest absolute Gasteiger partial charge is 0.360 e. The van der Waals surface area contributed by atoms with E-state index in [9.17, 15) is 4.79 Å². The molecule has 3 N–H and O–H groups in total. The smallest absolute Gasteiger partial charge is 0.279 e. The maximum absolute atomic E-state index is 12.3. The minimum Gasteiger partial charge on any atom is -0.360 e. The van der Waals surface area contributed by atoms with Gasteiger partial charge in [0.25, 0.3) is 5.91 Å². The molecule has 1 aliphatic heterocycles. The predicted octanol–water partition coefficient (Wildman–Crippen LogP) is 1.95. The van der Waals surface area contributed by atoms with Crippen LogP contribution in [0.5, 0.6) is 0 Å². The Kier molecular flexibility index (Phi) is 6.98. The van der Waals surface area contributed by atoms with Gasteiger partial charge in [-0.05, 0) is 43.3 Å². The van der Waals surface area contributed by atoms with E-state index in [-0.39, 0.29) is 5.91 Å². The van der Waals surface area contributed by atoms with Crippen LogP contribution >= 0.6 is 35.4 Å². The van der Waals surface area contributed by atoms with Crippen LogP contribution in [0.2, 0.25) is 10.0 Å². The molecule has 1 amide bonds. The van der Waals surface area contributed by atoms with E-state index in [2.05, 4.69) is 15.5 Å². The topological polar surface area (TPSA) is 48.8 Å². The zero-order chi connectivity index (χ0) is 18.5. The number of benzene rings is 1. The van der Waals surface area contributed by atoms with Crippen LogP contribution < -0.4 is 15.5 Å². The molecule has 26 heavy (non-hydrogen) atoms. The summed E-state index contributed by atoms with van der Waals surface area (Å²) in [5, 5.41) is 8.26. The molecule has 8 heteroatoms. The van der Waals surface area contributed by atoms with E-state index in [4.69, 9.17) is 35.4 Å². The van der Waals surface area contributed by atoms with Crippen molar-refractivity contribution in [1.29, 1.82) is 0 Å². The van der Waals surface area contributed by atoms with Gasteiger partial charge >= 0.3 is 0 Å². The lowest BCUT2D eigenvalue weighted by Crippen LogP contribution is -3.15. The first-order valence-electron chi connectivity index (χ1n) is 9.14. The van der Waals surface area contributed by atoms with Gasteiger partial charge in [-0.3, -0.25) is 4.79 Å². The third-order valence-corrected chi connectivity index (χ3v) is 5.81. The molecule has 0 unspecified atom stereocenters. The number of carbonyl (C=O) groups excluding carboxylic acids is 1. The molecule has 0 spiro atoms. The summed E-state index contributed by atoms with van der Waals surface area (Å²) in [7, 11) is 0. The summed E-state index contributed by atoms with van der Waals surface area (Å²) in [6, 6.07) is 5.59. The number of anilines is 1. The maximum atomic E-state index is 12.3. The molecule has 0 aromatic heterocycles. The molecule has 1 aromatic carbocycles. The van der Waals surface area contributed by atoms with Crippen molar-refractivity contribution in [1.82, 2.24) is 10.2 Å². The van der Waals surface area contributed by atoms with Crippen LogP contribution in [0.25, 0.3) is 0 Å². The second-order valence-corrected chi connectivity index (χ2v) is 8.31. The van der Waals surface area contributed by atoms with E-state index in [1.165, 1.54) is 30.6 Å². The van der Waals surface area contributed by atoms with E-state index in [0.29, 0.717) is 28.3 Å². The van der Waals surface area contributed by atoms with Gasteiger partial charge in [0.2, 0.25) is 0 Å². The Morgan fingerprint density at radius 2 is 1.77 bits per heavy atom. The van der Waals surface area contributed by atoms with Gasteiger partial charge < -0.3 is 20.4 Å². The van der Waals surface area contributed by atoms with Crippen molar-refractivity contribution in [3.05, 3.63) is 28.2 Å². The van der Waals surface area contributed by atoms with Gasteiger partial charge in [0.05, 0.1) is 26.2 Å². The number of hydrogen-bond donors (Lipinski definition) is 3. The molecule has 0 atom stereocenters. The van der Waals surface area contributed by atoms with Crippen molar-refractivity contribution in [3.63, 3.8) is 0 Å². The van der Waals surface area contributed by atoms with Crippen molar-refractivity contribution < 1.29 is 9.69 Å². The zero-order valence-electron chi connectivity index (χ0n) is 14.7. The SMILES string of the molecule is O=C(C[NH+]1CCN(C(=S)NC2CCCC2)CC1)Nc1cc(Cl)cc(Cl)c1. The molecule has 5 nitrogen and oxygen atoms in total. The molecule has 2 aliphatic rings. The minimum atomic E-state index is -0.0292. The standard InChI is InChI=1S/C18H24Cl2N4OS/c19-13-9-14(20)11-16(10-13)21-17(25)12-23-5-7-24(8-6-23)18(26)22-15-3-1-2-4-15/h9-11,15H,1-8,12H2,(H,21,25)(H,22,26)/p+1. The molecule has 2 fully saturated rings. The van der Waals surface area contributed by atoms with Crippen LogP contribution in [-0.2, 0) is 4.79 Å². The molecule has 142 valence electrons. The van der Waals surface area contributed by atoms with Gasteiger partial charge in [-0.1, -0.05) is 36.0 Å². The molecule has 1 saturated carbocycles. The number of rotatable bonds is 4. The quantitative estimate of drug-likeness (QED) is 0.657. The highest BCUT2D eigenvalue weighted by molar-refractivity contribution is 7.80. The highest BCUT2D eigenvalue weighted by atomic mass is 35.5. The van der Waals surface area contributed by atoms with Crippen molar-refractivity contribution in [2.45, 2.75) is 31.7 Å². The fourth-order valence-electron chi connectivity index (χ4n) is 3.60. The minimum absolute atomic E-state index is 0.0292. The third kappa shape index (κ3) is 5.71. The maximum Gasteiger partial charge on any atom is 0.279 e. The molecule has 1 heterocycles. The number of amides is 1. The molecule has 1 aromatic rings. The van der Waals surface area contributed by atoms with Crippen molar-refractivity contribution in [2.75, 3.05) is 38.0 Å². The first-order valence-corrected chi connectivity index (χ1v) is 10.3. The monoisotopic (exact) mass is 415 g/mol. The Bertz CT molecular complexity index is 638. The van der Waals surface area contributed by atoms with E-state index >= 15 is 0 Å². The Balaban J connectivity index is 1.41.